The molecule has 4 nitrogen and oxygen atoms in total. The van der Waals surface area contributed by atoms with Crippen molar-refractivity contribution < 1.29 is 13.9 Å². The summed E-state index contributed by atoms with van der Waals surface area (Å²) in [4.78, 5) is 12.3. The van der Waals surface area contributed by atoms with Gasteiger partial charge in [-0.1, -0.05) is 41.9 Å². The first kappa shape index (κ1) is 16.4. The molecule has 2 unspecified atom stereocenters. The zero-order chi connectivity index (χ0) is 17.1. The van der Waals surface area contributed by atoms with Crippen LogP contribution in [0, 0.1) is 0 Å². The maximum absolute atomic E-state index is 12.3. The number of benzene rings is 2. The van der Waals surface area contributed by atoms with Crippen molar-refractivity contribution in [3.63, 3.8) is 0 Å². The minimum atomic E-state index is -0.670. The van der Waals surface area contributed by atoms with Gasteiger partial charge in [0, 0.05) is 5.39 Å². The van der Waals surface area contributed by atoms with E-state index in [4.69, 9.17) is 20.8 Å². The zero-order valence-electron chi connectivity index (χ0n) is 13.5. The lowest BCUT2D eigenvalue weighted by Gasteiger charge is -2.18. The lowest BCUT2D eigenvalue weighted by atomic mass is 10.2. The van der Waals surface area contributed by atoms with E-state index in [2.05, 4.69) is 5.32 Å². The second-order valence-electron chi connectivity index (χ2n) is 5.61. The monoisotopic (exact) mass is 343 g/mol. The smallest absolute Gasteiger partial charge is 0.261 e. The van der Waals surface area contributed by atoms with E-state index in [1.165, 1.54) is 0 Å². The van der Waals surface area contributed by atoms with E-state index in [1.807, 2.05) is 49.4 Å². The fourth-order valence-electron chi connectivity index (χ4n) is 2.40. The molecular formula is C19H18ClNO3. The van der Waals surface area contributed by atoms with E-state index in [-0.39, 0.29) is 11.9 Å². The van der Waals surface area contributed by atoms with Crippen molar-refractivity contribution in [3.05, 3.63) is 65.4 Å². The number of amides is 1. The van der Waals surface area contributed by atoms with Crippen LogP contribution < -0.4 is 10.1 Å². The average molecular weight is 344 g/mol. The van der Waals surface area contributed by atoms with Gasteiger partial charge in [-0.15, -0.1) is 0 Å². The quantitative estimate of drug-likeness (QED) is 0.728. The first-order valence-electron chi connectivity index (χ1n) is 7.74. The van der Waals surface area contributed by atoms with Gasteiger partial charge in [0.2, 0.25) is 0 Å². The lowest BCUT2D eigenvalue weighted by molar-refractivity contribution is -0.128. The van der Waals surface area contributed by atoms with Crippen LogP contribution in [-0.4, -0.2) is 12.0 Å². The fourth-order valence-corrected chi connectivity index (χ4v) is 2.58. The molecule has 0 spiro atoms. The summed E-state index contributed by atoms with van der Waals surface area (Å²) in [7, 11) is 0. The molecule has 0 fully saturated rings. The molecule has 0 saturated heterocycles. The highest BCUT2D eigenvalue weighted by molar-refractivity contribution is 6.32. The number of furan rings is 1. The van der Waals surface area contributed by atoms with Crippen LogP contribution in [0.5, 0.6) is 5.75 Å². The third-order valence-electron chi connectivity index (χ3n) is 3.74. The molecule has 1 aromatic heterocycles. The van der Waals surface area contributed by atoms with Crippen LogP contribution >= 0.6 is 11.6 Å². The Hall–Kier alpha value is -2.46. The van der Waals surface area contributed by atoms with Crippen LogP contribution in [0.2, 0.25) is 5.02 Å². The van der Waals surface area contributed by atoms with Crippen molar-refractivity contribution in [2.24, 2.45) is 0 Å². The molecule has 1 heterocycles. The molecule has 0 aliphatic heterocycles. The van der Waals surface area contributed by atoms with Crippen molar-refractivity contribution in [2.75, 3.05) is 0 Å². The second kappa shape index (κ2) is 6.97. The maximum atomic E-state index is 12.3. The number of fused-ring (bicyclic) bond motifs is 1. The minimum Gasteiger partial charge on any atom is -0.479 e. The normalized spacial score (nSPS) is 13.5. The largest absolute Gasteiger partial charge is 0.479 e. The summed E-state index contributed by atoms with van der Waals surface area (Å²) in [5.41, 5.74) is 0.800. The van der Waals surface area contributed by atoms with Crippen molar-refractivity contribution in [1.29, 1.82) is 0 Å². The van der Waals surface area contributed by atoms with Crippen LogP contribution in [0.3, 0.4) is 0 Å². The summed E-state index contributed by atoms with van der Waals surface area (Å²) in [6.07, 6.45) is -0.670. The minimum absolute atomic E-state index is 0.233. The van der Waals surface area contributed by atoms with Crippen LogP contribution in [0.15, 0.2) is 59.0 Å². The Balaban J connectivity index is 1.66. The fraction of sp³-hybridized carbons (Fsp3) is 0.211. The molecule has 24 heavy (non-hydrogen) atoms. The van der Waals surface area contributed by atoms with E-state index >= 15 is 0 Å². The van der Waals surface area contributed by atoms with Gasteiger partial charge in [0.25, 0.3) is 5.91 Å². The molecular weight excluding hydrogens is 326 g/mol. The number of carbonyl (C=O) groups is 1. The van der Waals surface area contributed by atoms with Crippen LogP contribution in [-0.2, 0) is 4.79 Å². The highest BCUT2D eigenvalue weighted by atomic mass is 35.5. The van der Waals surface area contributed by atoms with Gasteiger partial charge in [-0.3, -0.25) is 4.79 Å². The number of hydrogen-bond acceptors (Lipinski definition) is 3. The number of rotatable bonds is 5. The molecule has 3 aromatic rings. The van der Waals surface area contributed by atoms with Gasteiger partial charge in [-0.2, -0.15) is 0 Å². The molecule has 3 rings (SSSR count). The highest BCUT2D eigenvalue weighted by Crippen LogP contribution is 2.25. The summed E-state index contributed by atoms with van der Waals surface area (Å²) in [5.74, 6) is 0.954. The third kappa shape index (κ3) is 3.54. The summed E-state index contributed by atoms with van der Waals surface area (Å²) in [6.45, 7) is 3.56. The van der Waals surface area contributed by atoms with Crippen LogP contribution in [0.4, 0.5) is 0 Å². The van der Waals surface area contributed by atoms with Gasteiger partial charge in [-0.25, -0.2) is 0 Å². The summed E-state index contributed by atoms with van der Waals surface area (Å²) >= 11 is 6.05. The number of ether oxygens (including phenoxy) is 1. The predicted molar refractivity (Wildman–Crippen MR) is 94.3 cm³/mol. The van der Waals surface area contributed by atoms with Crippen molar-refractivity contribution in [2.45, 2.75) is 26.0 Å². The first-order chi connectivity index (χ1) is 11.5. The van der Waals surface area contributed by atoms with E-state index in [0.29, 0.717) is 16.5 Å². The van der Waals surface area contributed by atoms with E-state index in [1.54, 1.807) is 19.1 Å². The average Bonchev–Trinajstić information content (AvgIpc) is 3.01. The molecule has 0 radical (unpaired) electrons. The number of para-hydroxylation sites is 2. The Morgan fingerprint density at radius 1 is 1.12 bits per heavy atom. The molecule has 2 aromatic carbocycles. The van der Waals surface area contributed by atoms with E-state index in [9.17, 15) is 4.79 Å². The summed E-state index contributed by atoms with van der Waals surface area (Å²) in [5, 5.41) is 4.38. The molecule has 1 N–H and O–H groups in total. The molecule has 124 valence electrons. The molecule has 5 heteroatoms. The standard InChI is InChI=1S/C19H18ClNO3/c1-12(18-11-14-7-3-5-9-16(14)24-18)21-19(22)13(2)23-17-10-6-4-8-15(17)20/h3-13H,1-2H3,(H,21,22). The van der Waals surface area contributed by atoms with Gasteiger partial charge in [-0.05, 0) is 38.1 Å². The van der Waals surface area contributed by atoms with E-state index < -0.39 is 6.10 Å². The zero-order valence-corrected chi connectivity index (χ0v) is 14.2. The van der Waals surface area contributed by atoms with Crippen LogP contribution in [0.25, 0.3) is 11.0 Å². The molecule has 1 amide bonds. The SMILES string of the molecule is CC(Oc1ccccc1Cl)C(=O)NC(C)c1cc2ccccc2o1. The second-order valence-corrected chi connectivity index (χ2v) is 6.01. The van der Waals surface area contributed by atoms with Gasteiger partial charge in [0.05, 0.1) is 11.1 Å². The Labute approximate surface area is 145 Å². The number of nitrogens with one attached hydrogen (secondary N) is 1. The Kier molecular flexibility index (Phi) is 4.76. The molecule has 0 bridgehead atoms. The first-order valence-corrected chi connectivity index (χ1v) is 8.12. The number of hydrogen-bond donors (Lipinski definition) is 1. The van der Waals surface area contributed by atoms with Gasteiger partial charge in [0.1, 0.15) is 17.1 Å². The number of carbonyl (C=O) groups excluding carboxylic acids is 1. The molecule has 0 aliphatic rings. The van der Waals surface area contributed by atoms with Gasteiger partial charge in [0.15, 0.2) is 6.10 Å². The summed E-state index contributed by atoms with van der Waals surface area (Å²) < 4.78 is 11.4. The van der Waals surface area contributed by atoms with Crippen molar-refractivity contribution in [3.8, 4) is 5.75 Å². The highest BCUT2D eigenvalue weighted by Gasteiger charge is 2.20. The molecule has 2 atom stereocenters. The topological polar surface area (TPSA) is 51.5 Å². The van der Waals surface area contributed by atoms with Gasteiger partial charge >= 0.3 is 0 Å². The van der Waals surface area contributed by atoms with Crippen molar-refractivity contribution in [1.82, 2.24) is 5.32 Å². The Bertz CT molecular complexity index is 825. The van der Waals surface area contributed by atoms with Crippen LogP contribution in [0.1, 0.15) is 25.6 Å². The maximum Gasteiger partial charge on any atom is 0.261 e. The van der Waals surface area contributed by atoms with E-state index in [0.717, 1.165) is 11.0 Å². The van der Waals surface area contributed by atoms with Gasteiger partial charge < -0.3 is 14.5 Å². The number of halogens is 1. The molecule has 0 aliphatic carbocycles. The predicted octanol–water partition coefficient (Wildman–Crippen LogP) is 4.73. The summed E-state index contributed by atoms with van der Waals surface area (Å²) in [6, 6.07) is 16.5. The Morgan fingerprint density at radius 2 is 1.83 bits per heavy atom. The van der Waals surface area contributed by atoms with Crippen molar-refractivity contribution >= 4 is 28.5 Å². The molecule has 0 saturated carbocycles. The lowest BCUT2D eigenvalue weighted by Crippen LogP contribution is -2.37. The third-order valence-corrected chi connectivity index (χ3v) is 4.05. The Morgan fingerprint density at radius 3 is 2.58 bits per heavy atom.